The van der Waals surface area contributed by atoms with Gasteiger partial charge in [-0.15, -0.1) is 11.8 Å². The van der Waals surface area contributed by atoms with Crippen LogP contribution in [0.4, 0.5) is 11.4 Å². The highest BCUT2D eigenvalue weighted by molar-refractivity contribution is 7.98. The van der Waals surface area contributed by atoms with E-state index in [0.717, 1.165) is 33.6 Å². The summed E-state index contributed by atoms with van der Waals surface area (Å²) in [5, 5.41) is 12.7. The van der Waals surface area contributed by atoms with Gasteiger partial charge in [-0.3, -0.25) is 9.59 Å². The van der Waals surface area contributed by atoms with E-state index in [0.29, 0.717) is 29.9 Å². The van der Waals surface area contributed by atoms with E-state index in [-0.39, 0.29) is 12.5 Å². The molecule has 7 nitrogen and oxygen atoms in total. The van der Waals surface area contributed by atoms with Crippen molar-refractivity contribution in [2.24, 2.45) is 5.73 Å². The Kier molecular flexibility index (Phi) is 9.38. The van der Waals surface area contributed by atoms with Gasteiger partial charge < -0.3 is 26.8 Å². The van der Waals surface area contributed by atoms with E-state index in [1.807, 2.05) is 42.7 Å². The standard InChI is InChI=1S/C28H34N4O3S/c1-4-18-14-20(9-8-19(18)12-13-33)26(31-24-7-5-6-21(16-24)27(30)34)28(35)32(2)17-22-15-23(29)10-11-25(22)36-3/h5-11,14-16,26,31,33H,4,12-13,17,29H2,1-3H3,(H2,30,34). The van der Waals surface area contributed by atoms with Crippen LogP contribution in [0.15, 0.2) is 65.6 Å². The van der Waals surface area contributed by atoms with Crippen molar-refractivity contribution in [3.8, 4) is 0 Å². The predicted octanol–water partition coefficient (Wildman–Crippen LogP) is 4.00. The number of aliphatic hydroxyl groups excluding tert-OH is 1. The minimum absolute atomic E-state index is 0.0631. The number of amides is 2. The summed E-state index contributed by atoms with van der Waals surface area (Å²) in [6.45, 7) is 2.51. The van der Waals surface area contributed by atoms with Crippen LogP contribution in [0.3, 0.4) is 0 Å². The maximum Gasteiger partial charge on any atom is 0.249 e. The number of benzene rings is 3. The molecule has 0 heterocycles. The van der Waals surface area contributed by atoms with Crippen LogP contribution in [0.2, 0.25) is 0 Å². The second-order valence-electron chi connectivity index (χ2n) is 8.64. The SMILES string of the molecule is CCc1cc(C(Nc2cccc(C(N)=O)c2)C(=O)N(C)Cc2cc(N)ccc2SC)ccc1CCO. The lowest BCUT2D eigenvalue weighted by Crippen LogP contribution is -2.35. The molecular weight excluding hydrogens is 472 g/mol. The number of nitrogen functional groups attached to an aromatic ring is 1. The smallest absolute Gasteiger partial charge is 0.249 e. The number of nitrogens with two attached hydrogens (primary N) is 2. The molecule has 0 spiro atoms. The average Bonchev–Trinajstić information content (AvgIpc) is 2.87. The first-order valence-electron chi connectivity index (χ1n) is 11.8. The van der Waals surface area contributed by atoms with Gasteiger partial charge in [-0.1, -0.05) is 31.2 Å². The number of hydrogen-bond acceptors (Lipinski definition) is 6. The molecular formula is C28H34N4O3S. The summed E-state index contributed by atoms with van der Waals surface area (Å²) >= 11 is 1.61. The molecule has 0 aliphatic carbocycles. The van der Waals surface area contributed by atoms with Gasteiger partial charge in [-0.25, -0.2) is 0 Å². The molecule has 0 radical (unpaired) electrons. The molecule has 2 amide bonds. The minimum atomic E-state index is -0.703. The molecule has 3 aromatic carbocycles. The molecule has 36 heavy (non-hydrogen) atoms. The minimum Gasteiger partial charge on any atom is -0.399 e. The Hall–Kier alpha value is -3.49. The Morgan fingerprint density at radius 3 is 2.50 bits per heavy atom. The molecule has 0 aromatic heterocycles. The van der Waals surface area contributed by atoms with Gasteiger partial charge in [0.05, 0.1) is 0 Å². The van der Waals surface area contributed by atoms with Crippen molar-refractivity contribution in [3.63, 3.8) is 0 Å². The molecule has 1 atom stereocenters. The number of aryl methyl sites for hydroxylation is 1. The lowest BCUT2D eigenvalue weighted by atomic mass is 9.95. The van der Waals surface area contributed by atoms with Gasteiger partial charge in [-0.2, -0.15) is 0 Å². The highest BCUT2D eigenvalue weighted by Gasteiger charge is 2.26. The third kappa shape index (κ3) is 6.59. The average molecular weight is 507 g/mol. The number of primary amides is 1. The molecule has 0 saturated heterocycles. The third-order valence-electron chi connectivity index (χ3n) is 6.12. The van der Waals surface area contributed by atoms with Crippen LogP contribution in [-0.2, 0) is 24.2 Å². The van der Waals surface area contributed by atoms with Crippen molar-refractivity contribution in [3.05, 3.63) is 88.5 Å². The second-order valence-corrected chi connectivity index (χ2v) is 9.49. The molecule has 0 saturated carbocycles. The molecule has 0 aliphatic heterocycles. The van der Waals surface area contributed by atoms with Crippen molar-refractivity contribution < 1.29 is 14.7 Å². The molecule has 0 aliphatic rings. The molecule has 190 valence electrons. The van der Waals surface area contributed by atoms with Crippen molar-refractivity contribution in [1.29, 1.82) is 0 Å². The monoisotopic (exact) mass is 506 g/mol. The number of likely N-dealkylation sites (N-methyl/N-ethyl adjacent to an activating group) is 1. The van der Waals surface area contributed by atoms with Crippen molar-refractivity contribution >= 4 is 35.0 Å². The Balaban J connectivity index is 1.99. The van der Waals surface area contributed by atoms with Crippen LogP contribution in [0, 0.1) is 0 Å². The fourth-order valence-electron chi connectivity index (χ4n) is 4.21. The number of carbonyl (C=O) groups excluding carboxylic acids is 2. The zero-order valence-corrected chi connectivity index (χ0v) is 21.8. The molecule has 6 N–H and O–H groups in total. The number of nitrogens with zero attached hydrogens (tertiary/aromatic N) is 1. The van der Waals surface area contributed by atoms with E-state index in [4.69, 9.17) is 11.5 Å². The fourth-order valence-corrected chi connectivity index (χ4v) is 4.80. The number of aliphatic hydroxyl groups is 1. The fraction of sp³-hybridized carbons (Fsp3) is 0.286. The van der Waals surface area contributed by atoms with Gasteiger partial charge in [0.25, 0.3) is 0 Å². The lowest BCUT2D eigenvalue weighted by Gasteiger charge is -2.27. The van der Waals surface area contributed by atoms with Crippen LogP contribution in [0.25, 0.3) is 0 Å². The van der Waals surface area contributed by atoms with Gasteiger partial charge in [0.1, 0.15) is 6.04 Å². The largest absolute Gasteiger partial charge is 0.399 e. The highest BCUT2D eigenvalue weighted by Crippen LogP contribution is 2.28. The summed E-state index contributed by atoms with van der Waals surface area (Å²) < 4.78 is 0. The predicted molar refractivity (Wildman–Crippen MR) is 147 cm³/mol. The van der Waals surface area contributed by atoms with Crippen LogP contribution < -0.4 is 16.8 Å². The first kappa shape index (κ1) is 27.1. The van der Waals surface area contributed by atoms with Crippen LogP contribution in [-0.4, -0.2) is 41.7 Å². The Bertz CT molecular complexity index is 1230. The van der Waals surface area contributed by atoms with E-state index < -0.39 is 11.9 Å². The third-order valence-corrected chi connectivity index (χ3v) is 6.96. The van der Waals surface area contributed by atoms with E-state index in [9.17, 15) is 14.7 Å². The maximum absolute atomic E-state index is 13.9. The normalized spacial score (nSPS) is 11.7. The van der Waals surface area contributed by atoms with Crippen molar-refractivity contribution in [2.45, 2.75) is 37.2 Å². The summed E-state index contributed by atoms with van der Waals surface area (Å²) in [6, 6.07) is 17.7. The van der Waals surface area contributed by atoms with Gasteiger partial charge in [-0.05, 0) is 77.7 Å². The topological polar surface area (TPSA) is 122 Å². The summed E-state index contributed by atoms with van der Waals surface area (Å²) in [5.74, 6) is -0.669. The molecule has 0 fully saturated rings. The number of nitrogens with one attached hydrogen (secondary N) is 1. The van der Waals surface area contributed by atoms with Crippen LogP contribution >= 0.6 is 11.8 Å². The van der Waals surface area contributed by atoms with E-state index >= 15 is 0 Å². The molecule has 3 rings (SSSR count). The summed E-state index contributed by atoms with van der Waals surface area (Å²) in [7, 11) is 1.77. The van der Waals surface area contributed by atoms with Gasteiger partial charge in [0, 0.05) is 42.0 Å². The van der Waals surface area contributed by atoms with E-state index in [2.05, 4.69) is 12.2 Å². The first-order valence-corrected chi connectivity index (χ1v) is 13.1. The molecule has 0 bridgehead atoms. The Morgan fingerprint density at radius 2 is 1.83 bits per heavy atom. The van der Waals surface area contributed by atoms with Gasteiger partial charge in [0.2, 0.25) is 11.8 Å². The quantitative estimate of drug-likeness (QED) is 0.230. The number of anilines is 2. The molecule has 1 unspecified atom stereocenters. The van der Waals surface area contributed by atoms with E-state index in [1.165, 1.54) is 0 Å². The number of rotatable bonds is 11. The number of hydrogen-bond donors (Lipinski definition) is 4. The van der Waals surface area contributed by atoms with Crippen LogP contribution in [0.5, 0.6) is 0 Å². The lowest BCUT2D eigenvalue weighted by molar-refractivity contribution is -0.131. The highest BCUT2D eigenvalue weighted by atomic mass is 32.2. The Labute approximate surface area is 216 Å². The van der Waals surface area contributed by atoms with Crippen molar-refractivity contribution in [2.75, 3.05) is 31.0 Å². The Morgan fingerprint density at radius 1 is 1.06 bits per heavy atom. The second kappa shape index (κ2) is 12.5. The molecule has 3 aromatic rings. The summed E-state index contributed by atoms with van der Waals surface area (Å²) in [4.78, 5) is 28.3. The summed E-state index contributed by atoms with van der Waals surface area (Å²) in [6.07, 6.45) is 3.33. The zero-order chi connectivity index (χ0) is 26.2. The summed E-state index contributed by atoms with van der Waals surface area (Å²) in [5.41, 5.74) is 17.0. The van der Waals surface area contributed by atoms with E-state index in [1.54, 1.807) is 48.0 Å². The maximum atomic E-state index is 13.9. The van der Waals surface area contributed by atoms with Crippen LogP contribution in [0.1, 0.15) is 45.6 Å². The van der Waals surface area contributed by atoms with Crippen molar-refractivity contribution in [1.82, 2.24) is 4.90 Å². The van der Waals surface area contributed by atoms with Gasteiger partial charge >= 0.3 is 0 Å². The number of carbonyl (C=O) groups is 2. The first-order chi connectivity index (χ1) is 17.3. The van der Waals surface area contributed by atoms with Gasteiger partial charge in [0.15, 0.2) is 0 Å². The zero-order valence-electron chi connectivity index (χ0n) is 21.0. The number of thioether (sulfide) groups is 1. The molecule has 8 heteroatoms.